The zero-order chi connectivity index (χ0) is 22.7. The summed E-state index contributed by atoms with van der Waals surface area (Å²) in [7, 11) is 0. The lowest BCUT2D eigenvalue weighted by atomic mass is 10.0. The average Bonchev–Trinajstić information content (AvgIpc) is 3.37. The molecule has 0 saturated heterocycles. The summed E-state index contributed by atoms with van der Waals surface area (Å²) in [4.78, 5) is 13.4. The third-order valence-corrected chi connectivity index (χ3v) is 6.96. The maximum absolute atomic E-state index is 13.3. The highest BCUT2D eigenvalue weighted by Gasteiger charge is 2.19. The molecule has 0 bridgehead atoms. The van der Waals surface area contributed by atoms with E-state index in [1.165, 1.54) is 23.5 Å². The SMILES string of the molecule is Cc1sc(NC(=O)CSc2nnc(-c3ccc(I)cc3)o2)c(C#N)c1-c1ccc(F)cc1. The minimum atomic E-state index is -0.350. The van der Waals surface area contributed by atoms with E-state index in [9.17, 15) is 14.4 Å². The number of carbonyl (C=O) groups excluding carboxylic acids is 1. The Morgan fingerprint density at radius 3 is 2.56 bits per heavy atom. The van der Waals surface area contributed by atoms with Crippen LogP contribution >= 0.6 is 45.7 Å². The molecule has 2 aromatic heterocycles. The zero-order valence-electron chi connectivity index (χ0n) is 16.6. The largest absolute Gasteiger partial charge is 0.411 e. The Labute approximate surface area is 205 Å². The monoisotopic (exact) mass is 576 g/mol. The van der Waals surface area contributed by atoms with E-state index in [2.05, 4.69) is 44.2 Å². The molecule has 1 amide bonds. The second-order valence-corrected chi connectivity index (χ2v) is 9.97. The molecular weight excluding hydrogens is 562 g/mol. The number of thioether (sulfide) groups is 1. The highest BCUT2D eigenvalue weighted by atomic mass is 127. The van der Waals surface area contributed by atoms with Gasteiger partial charge in [-0.1, -0.05) is 23.9 Å². The van der Waals surface area contributed by atoms with Crippen molar-refractivity contribution in [2.75, 3.05) is 11.1 Å². The molecule has 2 heterocycles. The summed E-state index contributed by atoms with van der Waals surface area (Å²) in [6, 6.07) is 15.7. The molecule has 0 aliphatic heterocycles. The molecule has 0 aliphatic carbocycles. The van der Waals surface area contributed by atoms with Gasteiger partial charge in [-0.2, -0.15) is 5.26 Å². The van der Waals surface area contributed by atoms with Gasteiger partial charge in [-0.25, -0.2) is 4.39 Å². The molecule has 4 rings (SSSR count). The van der Waals surface area contributed by atoms with Crippen molar-refractivity contribution in [3.05, 3.63) is 68.4 Å². The normalized spacial score (nSPS) is 10.7. The number of rotatable bonds is 6. The fraction of sp³-hybridized carbons (Fsp3) is 0.0909. The van der Waals surface area contributed by atoms with Crippen LogP contribution in [0.1, 0.15) is 10.4 Å². The molecule has 2 aromatic carbocycles. The third-order valence-electron chi connectivity index (χ3n) is 4.41. The standard InChI is InChI=1S/C22H14FIN4O2S2/c1-12-19(13-2-6-15(23)7-3-13)17(10-25)21(32-12)26-18(29)11-31-22-28-27-20(30-22)14-4-8-16(24)9-5-14/h2-9H,11H2,1H3,(H,26,29). The topological polar surface area (TPSA) is 91.8 Å². The minimum Gasteiger partial charge on any atom is -0.411 e. The van der Waals surface area contributed by atoms with Crippen LogP contribution in [0.25, 0.3) is 22.6 Å². The number of halogens is 2. The number of hydrogen-bond donors (Lipinski definition) is 1. The fourth-order valence-corrected chi connectivity index (χ4v) is 4.94. The number of hydrogen-bond acceptors (Lipinski definition) is 7. The Balaban J connectivity index is 1.44. The molecule has 160 valence electrons. The Bertz CT molecular complexity index is 1310. The van der Waals surface area contributed by atoms with Crippen LogP contribution in [0, 0.1) is 27.6 Å². The number of anilines is 1. The molecule has 0 saturated carbocycles. The van der Waals surface area contributed by atoms with E-state index in [1.807, 2.05) is 31.2 Å². The van der Waals surface area contributed by atoms with E-state index < -0.39 is 0 Å². The summed E-state index contributed by atoms with van der Waals surface area (Å²) >= 11 is 4.64. The van der Waals surface area contributed by atoms with Crippen LogP contribution < -0.4 is 5.32 Å². The number of nitrogens with one attached hydrogen (secondary N) is 1. The first kappa shape index (κ1) is 22.4. The Morgan fingerprint density at radius 2 is 1.88 bits per heavy atom. The molecule has 4 aromatic rings. The van der Waals surface area contributed by atoms with Gasteiger partial charge in [-0.15, -0.1) is 21.5 Å². The van der Waals surface area contributed by atoms with Crippen molar-refractivity contribution in [2.45, 2.75) is 12.1 Å². The predicted octanol–water partition coefficient (Wildman–Crippen LogP) is 6.12. The van der Waals surface area contributed by atoms with Crippen molar-refractivity contribution in [1.82, 2.24) is 10.2 Å². The smallest absolute Gasteiger partial charge is 0.277 e. The molecular formula is C22H14FIN4O2S2. The van der Waals surface area contributed by atoms with Crippen LogP contribution in [0.4, 0.5) is 9.39 Å². The summed E-state index contributed by atoms with van der Waals surface area (Å²) in [5, 5.41) is 21.2. The maximum Gasteiger partial charge on any atom is 0.277 e. The number of aryl methyl sites for hydroxylation is 1. The second kappa shape index (κ2) is 9.81. The fourth-order valence-electron chi connectivity index (χ4n) is 2.97. The second-order valence-electron chi connectivity index (χ2n) is 6.57. The minimum absolute atomic E-state index is 0.0437. The molecule has 0 aliphatic rings. The summed E-state index contributed by atoms with van der Waals surface area (Å²) in [6.45, 7) is 1.86. The van der Waals surface area contributed by atoms with Crippen molar-refractivity contribution >= 4 is 56.6 Å². The highest BCUT2D eigenvalue weighted by Crippen LogP contribution is 2.39. The van der Waals surface area contributed by atoms with Gasteiger partial charge in [0, 0.05) is 19.6 Å². The van der Waals surface area contributed by atoms with Crippen molar-refractivity contribution in [1.29, 1.82) is 5.26 Å². The lowest BCUT2D eigenvalue weighted by molar-refractivity contribution is -0.113. The van der Waals surface area contributed by atoms with Crippen molar-refractivity contribution in [3.8, 4) is 28.7 Å². The predicted molar refractivity (Wildman–Crippen MR) is 131 cm³/mol. The summed E-state index contributed by atoms with van der Waals surface area (Å²) < 4.78 is 20.0. The molecule has 1 N–H and O–H groups in total. The van der Waals surface area contributed by atoms with Crippen LogP contribution in [0.15, 0.2) is 58.2 Å². The van der Waals surface area contributed by atoms with Gasteiger partial charge < -0.3 is 9.73 Å². The van der Waals surface area contributed by atoms with E-state index in [0.29, 0.717) is 22.0 Å². The van der Waals surface area contributed by atoms with Crippen LogP contribution in [-0.4, -0.2) is 21.9 Å². The van der Waals surface area contributed by atoms with E-state index in [1.54, 1.807) is 12.1 Å². The summed E-state index contributed by atoms with van der Waals surface area (Å²) in [6.07, 6.45) is 0. The van der Waals surface area contributed by atoms with Gasteiger partial charge in [0.2, 0.25) is 11.8 Å². The van der Waals surface area contributed by atoms with Gasteiger partial charge in [0.15, 0.2) is 0 Å². The van der Waals surface area contributed by atoms with E-state index in [-0.39, 0.29) is 22.7 Å². The van der Waals surface area contributed by atoms with E-state index >= 15 is 0 Å². The van der Waals surface area contributed by atoms with Gasteiger partial charge in [0.25, 0.3) is 5.22 Å². The maximum atomic E-state index is 13.3. The van der Waals surface area contributed by atoms with Crippen molar-refractivity contribution < 1.29 is 13.6 Å². The number of carbonyl (C=O) groups is 1. The number of nitriles is 1. The quantitative estimate of drug-likeness (QED) is 0.220. The zero-order valence-corrected chi connectivity index (χ0v) is 20.3. The molecule has 6 nitrogen and oxygen atoms in total. The van der Waals surface area contributed by atoms with Gasteiger partial charge in [0.1, 0.15) is 16.9 Å². The van der Waals surface area contributed by atoms with Crippen molar-refractivity contribution in [3.63, 3.8) is 0 Å². The molecule has 0 atom stereocenters. The lowest BCUT2D eigenvalue weighted by Gasteiger charge is -2.03. The van der Waals surface area contributed by atoms with Crippen LogP contribution in [0.5, 0.6) is 0 Å². The van der Waals surface area contributed by atoms with Gasteiger partial charge >= 0.3 is 0 Å². The van der Waals surface area contributed by atoms with Crippen LogP contribution in [0.3, 0.4) is 0 Å². The number of thiophene rings is 1. The Morgan fingerprint density at radius 1 is 1.19 bits per heavy atom. The Hall–Kier alpha value is -2.75. The van der Waals surface area contributed by atoms with Gasteiger partial charge in [0.05, 0.1) is 11.3 Å². The molecule has 32 heavy (non-hydrogen) atoms. The highest BCUT2D eigenvalue weighted by molar-refractivity contribution is 14.1. The molecule has 0 spiro atoms. The first-order valence-corrected chi connectivity index (χ1v) is 12.1. The molecule has 0 unspecified atom stereocenters. The molecule has 0 fully saturated rings. The number of nitrogens with zero attached hydrogens (tertiary/aromatic N) is 3. The molecule has 10 heteroatoms. The lowest BCUT2D eigenvalue weighted by Crippen LogP contribution is -2.13. The van der Waals surface area contributed by atoms with Crippen LogP contribution in [0.2, 0.25) is 0 Å². The van der Waals surface area contributed by atoms with E-state index in [4.69, 9.17) is 4.42 Å². The van der Waals surface area contributed by atoms with Gasteiger partial charge in [-0.3, -0.25) is 4.79 Å². The third kappa shape index (κ3) is 5.01. The number of aromatic nitrogens is 2. The number of benzene rings is 2. The molecule has 0 radical (unpaired) electrons. The van der Waals surface area contributed by atoms with E-state index in [0.717, 1.165) is 31.3 Å². The first-order valence-electron chi connectivity index (χ1n) is 9.26. The summed E-state index contributed by atoms with van der Waals surface area (Å²) in [5.74, 6) is -0.222. The first-order chi connectivity index (χ1) is 15.4. The van der Waals surface area contributed by atoms with Gasteiger partial charge in [-0.05, 0) is 71.5 Å². The number of amides is 1. The van der Waals surface area contributed by atoms with Crippen molar-refractivity contribution in [2.24, 2.45) is 0 Å². The summed E-state index contributed by atoms with van der Waals surface area (Å²) in [5.41, 5.74) is 2.58. The average molecular weight is 576 g/mol. The Kier molecular flexibility index (Phi) is 6.88. The van der Waals surface area contributed by atoms with Crippen LogP contribution in [-0.2, 0) is 4.79 Å².